The van der Waals surface area contributed by atoms with Crippen LogP contribution in [0.5, 0.6) is 11.5 Å². The quantitative estimate of drug-likeness (QED) is 0.565. The third-order valence-electron chi connectivity index (χ3n) is 5.96. The van der Waals surface area contributed by atoms with Gasteiger partial charge in [-0.3, -0.25) is 9.79 Å². The number of hydrogen-bond acceptors (Lipinski definition) is 4. The van der Waals surface area contributed by atoms with E-state index in [2.05, 4.69) is 15.6 Å². The molecule has 7 nitrogen and oxygen atoms in total. The van der Waals surface area contributed by atoms with Crippen LogP contribution in [-0.2, 0) is 11.3 Å². The second kappa shape index (κ2) is 10.4. The number of amides is 1. The van der Waals surface area contributed by atoms with Crippen LogP contribution in [0.15, 0.2) is 23.2 Å². The van der Waals surface area contributed by atoms with Crippen molar-refractivity contribution in [3.8, 4) is 11.5 Å². The normalized spacial score (nSPS) is 20.4. The Morgan fingerprint density at radius 1 is 1.17 bits per heavy atom. The fraction of sp³-hybridized carbons (Fsp3) is 0.636. The van der Waals surface area contributed by atoms with Crippen molar-refractivity contribution in [1.82, 2.24) is 15.5 Å². The molecule has 1 unspecified atom stereocenters. The molecular weight excluding hydrogens is 368 g/mol. The highest BCUT2D eigenvalue weighted by Crippen LogP contribution is 2.27. The van der Waals surface area contributed by atoms with Crippen molar-refractivity contribution in [2.24, 2.45) is 10.9 Å². The molecule has 160 valence electrons. The molecular formula is C22H34N4O3. The van der Waals surface area contributed by atoms with Crippen molar-refractivity contribution in [1.29, 1.82) is 0 Å². The van der Waals surface area contributed by atoms with Crippen LogP contribution in [0, 0.1) is 5.92 Å². The second-order valence-corrected chi connectivity index (χ2v) is 7.85. The number of nitrogens with one attached hydrogen (secondary N) is 2. The zero-order chi connectivity index (χ0) is 20.6. The minimum atomic E-state index is 0.228. The molecule has 1 atom stereocenters. The molecule has 1 saturated carbocycles. The van der Waals surface area contributed by atoms with E-state index in [9.17, 15) is 4.79 Å². The molecule has 1 aliphatic carbocycles. The average Bonchev–Trinajstić information content (AvgIpc) is 3.25. The first kappa shape index (κ1) is 21.3. The van der Waals surface area contributed by atoms with Gasteiger partial charge in [-0.1, -0.05) is 19.3 Å². The predicted molar refractivity (Wildman–Crippen MR) is 114 cm³/mol. The number of aliphatic imine (C=N–C) groups is 1. The molecule has 7 heteroatoms. The van der Waals surface area contributed by atoms with Crippen LogP contribution in [0.25, 0.3) is 0 Å². The van der Waals surface area contributed by atoms with Crippen LogP contribution < -0.4 is 20.1 Å². The number of rotatable bonds is 6. The zero-order valence-electron chi connectivity index (χ0n) is 17.9. The van der Waals surface area contributed by atoms with E-state index < -0.39 is 0 Å². The molecule has 29 heavy (non-hydrogen) atoms. The van der Waals surface area contributed by atoms with Crippen LogP contribution in [0.4, 0.5) is 0 Å². The summed E-state index contributed by atoms with van der Waals surface area (Å²) in [5.74, 6) is 2.86. The van der Waals surface area contributed by atoms with Crippen LogP contribution >= 0.6 is 0 Å². The first-order valence-electron chi connectivity index (χ1n) is 10.6. The van der Waals surface area contributed by atoms with E-state index in [0.717, 1.165) is 55.4 Å². The van der Waals surface area contributed by atoms with Crippen LogP contribution in [0.1, 0.15) is 44.1 Å². The summed E-state index contributed by atoms with van der Waals surface area (Å²) >= 11 is 0. The van der Waals surface area contributed by atoms with E-state index >= 15 is 0 Å². The van der Waals surface area contributed by atoms with Gasteiger partial charge < -0.3 is 25.0 Å². The molecule has 2 N–H and O–H groups in total. The monoisotopic (exact) mass is 402 g/mol. The van der Waals surface area contributed by atoms with Gasteiger partial charge in [0.05, 0.1) is 14.2 Å². The lowest BCUT2D eigenvalue weighted by atomic mass is 9.88. The highest BCUT2D eigenvalue weighted by atomic mass is 16.5. The molecule has 1 aromatic rings. The molecule has 1 heterocycles. The summed E-state index contributed by atoms with van der Waals surface area (Å²) in [6.45, 7) is 2.17. The van der Waals surface area contributed by atoms with Gasteiger partial charge in [0.15, 0.2) is 5.96 Å². The number of carbonyl (C=O) groups is 1. The number of nitrogens with zero attached hydrogens (tertiary/aromatic N) is 2. The number of benzene rings is 1. The van der Waals surface area contributed by atoms with Crippen LogP contribution in [0.2, 0.25) is 0 Å². The molecule has 1 amide bonds. The molecule has 0 aromatic heterocycles. The SMILES string of the molecule is CN=C(NCc1ccc(OC)cc1OC)NC1CCN(C(=O)C2CCCCC2)C1. The van der Waals surface area contributed by atoms with Gasteiger partial charge in [0.2, 0.25) is 5.91 Å². The number of ether oxygens (including phenoxy) is 2. The van der Waals surface area contributed by atoms with Gasteiger partial charge in [-0.2, -0.15) is 0 Å². The third kappa shape index (κ3) is 5.55. The van der Waals surface area contributed by atoms with Crippen molar-refractivity contribution in [3.05, 3.63) is 23.8 Å². The van der Waals surface area contributed by atoms with E-state index in [4.69, 9.17) is 9.47 Å². The van der Waals surface area contributed by atoms with Crippen molar-refractivity contribution in [2.75, 3.05) is 34.4 Å². The predicted octanol–water partition coefficient (Wildman–Crippen LogP) is 2.55. The summed E-state index contributed by atoms with van der Waals surface area (Å²) < 4.78 is 10.7. The Hall–Kier alpha value is -2.44. The third-order valence-corrected chi connectivity index (χ3v) is 5.96. The maximum absolute atomic E-state index is 12.8. The maximum Gasteiger partial charge on any atom is 0.225 e. The van der Waals surface area contributed by atoms with Gasteiger partial charge in [0.25, 0.3) is 0 Å². The summed E-state index contributed by atoms with van der Waals surface area (Å²) in [4.78, 5) is 19.1. The van der Waals surface area contributed by atoms with Crippen molar-refractivity contribution < 1.29 is 14.3 Å². The summed E-state index contributed by atoms with van der Waals surface area (Å²) in [5.41, 5.74) is 1.02. The number of carbonyl (C=O) groups excluding carboxylic acids is 1. The standard InChI is InChI=1S/C22H34N4O3/c1-23-22(24-14-17-9-10-19(28-2)13-20(17)29-3)25-18-11-12-26(15-18)21(27)16-7-5-4-6-8-16/h9-10,13,16,18H,4-8,11-12,14-15H2,1-3H3,(H2,23,24,25). The molecule has 1 aliphatic heterocycles. The molecule has 1 aromatic carbocycles. The van der Waals surface area contributed by atoms with E-state index in [0.29, 0.717) is 12.5 Å². The van der Waals surface area contributed by atoms with Gasteiger partial charge >= 0.3 is 0 Å². The minimum Gasteiger partial charge on any atom is -0.497 e. The molecule has 1 saturated heterocycles. The summed E-state index contributed by atoms with van der Waals surface area (Å²) in [6, 6.07) is 6.00. The zero-order valence-corrected chi connectivity index (χ0v) is 17.9. The summed E-state index contributed by atoms with van der Waals surface area (Å²) in [5, 5.41) is 6.81. The second-order valence-electron chi connectivity index (χ2n) is 7.85. The van der Waals surface area contributed by atoms with Gasteiger partial charge in [-0.15, -0.1) is 0 Å². The molecule has 2 fully saturated rings. The van der Waals surface area contributed by atoms with Gasteiger partial charge in [0, 0.05) is 50.3 Å². The highest BCUT2D eigenvalue weighted by molar-refractivity contribution is 5.81. The van der Waals surface area contributed by atoms with Crippen molar-refractivity contribution in [2.45, 2.75) is 51.1 Å². The van der Waals surface area contributed by atoms with Crippen molar-refractivity contribution in [3.63, 3.8) is 0 Å². The Bertz CT molecular complexity index is 716. The van der Waals surface area contributed by atoms with Gasteiger partial charge in [-0.05, 0) is 31.4 Å². The molecule has 0 radical (unpaired) electrons. The Morgan fingerprint density at radius 3 is 2.66 bits per heavy atom. The van der Waals surface area contributed by atoms with Gasteiger partial charge in [0.1, 0.15) is 11.5 Å². The van der Waals surface area contributed by atoms with E-state index in [1.165, 1.54) is 19.3 Å². The fourth-order valence-electron chi connectivity index (χ4n) is 4.25. The smallest absolute Gasteiger partial charge is 0.225 e. The maximum atomic E-state index is 12.8. The number of guanidine groups is 1. The average molecular weight is 403 g/mol. The Kier molecular flexibility index (Phi) is 7.61. The Morgan fingerprint density at radius 2 is 1.97 bits per heavy atom. The number of methoxy groups -OCH3 is 2. The Balaban J connectivity index is 1.50. The first-order valence-corrected chi connectivity index (χ1v) is 10.6. The lowest BCUT2D eigenvalue weighted by molar-refractivity contribution is -0.135. The van der Waals surface area contributed by atoms with Crippen LogP contribution in [-0.4, -0.2) is 57.2 Å². The fourth-order valence-corrected chi connectivity index (χ4v) is 4.25. The number of hydrogen-bond donors (Lipinski definition) is 2. The lowest BCUT2D eigenvalue weighted by Crippen LogP contribution is -2.45. The molecule has 2 aliphatic rings. The van der Waals surface area contributed by atoms with E-state index in [1.54, 1.807) is 21.3 Å². The van der Waals surface area contributed by atoms with E-state index in [-0.39, 0.29) is 12.0 Å². The molecule has 3 rings (SSSR count). The van der Waals surface area contributed by atoms with Gasteiger partial charge in [-0.25, -0.2) is 0 Å². The van der Waals surface area contributed by atoms with Crippen molar-refractivity contribution >= 4 is 11.9 Å². The Labute approximate surface area is 173 Å². The largest absolute Gasteiger partial charge is 0.497 e. The molecule has 0 bridgehead atoms. The minimum absolute atomic E-state index is 0.228. The summed E-state index contributed by atoms with van der Waals surface area (Å²) in [6.07, 6.45) is 6.72. The highest BCUT2D eigenvalue weighted by Gasteiger charge is 2.31. The first-order chi connectivity index (χ1) is 14.1. The molecule has 0 spiro atoms. The van der Waals surface area contributed by atoms with Crippen LogP contribution in [0.3, 0.4) is 0 Å². The van der Waals surface area contributed by atoms with E-state index in [1.807, 2.05) is 23.1 Å². The summed E-state index contributed by atoms with van der Waals surface area (Å²) in [7, 11) is 5.06. The lowest BCUT2D eigenvalue weighted by Gasteiger charge is -2.26. The number of likely N-dealkylation sites (tertiary alicyclic amines) is 1. The topological polar surface area (TPSA) is 75.2 Å².